The zero-order valence-corrected chi connectivity index (χ0v) is 11.9. The Kier molecular flexibility index (Phi) is 4.13. The van der Waals surface area contributed by atoms with Gasteiger partial charge in [-0.25, -0.2) is 0 Å². The molecular formula is C14H25N3O2. The Morgan fingerprint density at radius 3 is 2.68 bits per heavy atom. The minimum Gasteiger partial charge on any atom is -0.369 e. The number of nitrogens with zero attached hydrogens (tertiary/aromatic N) is 1. The van der Waals surface area contributed by atoms with Crippen molar-refractivity contribution in [3.63, 3.8) is 0 Å². The number of likely N-dealkylation sites (tertiary alicyclic amines) is 1. The van der Waals surface area contributed by atoms with Gasteiger partial charge in [-0.3, -0.25) is 9.59 Å². The van der Waals surface area contributed by atoms with Crippen molar-refractivity contribution >= 4 is 11.8 Å². The van der Waals surface area contributed by atoms with Crippen LogP contribution >= 0.6 is 0 Å². The first-order valence-electron chi connectivity index (χ1n) is 7.27. The van der Waals surface area contributed by atoms with Crippen LogP contribution in [0.4, 0.5) is 0 Å². The maximum absolute atomic E-state index is 12.9. The number of hydrogen-bond acceptors (Lipinski definition) is 3. The van der Waals surface area contributed by atoms with Crippen LogP contribution in [0.15, 0.2) is 0 Å². The highest BCUT2D eigenvalue weighted by Crippen LogP contribution is 2.37. The van der Waals surface area contributed by atoms with E-state index < -0.39 is 0 Å². The van der Waals surface area contributed by atoms with Crippen molar-refractivity contribution < 1.29 is 9.59 Å². The number of nitrogens with two attached hydrogens (primary N) is 1. The predicted molar refractivity (Wildman–Crippen MR) is 73.3 cm³/mol. The summed E-state index contributed by atoms with van der Waals surface area (Å²) in [5, 5.41) is 3.31. The summed E-state index contributed by atoms with van der Waals surface area (Å²) in [6, 6.07) is 0. The Balaban J connectivity index is 2.11. The maximum Gasteiger partial charge on any atom is 0.230 e. The van der Waals surface area contributed by atoms with E-state index in [1.54, 1.807) is 0 Å². The van der Waals surface area contributed by atoms with Crippen LogP contribution in [0.2, 0.25) is 0 Å². The molecule has 2 heterocycles. The van der Waals surface area contributed by atoms with Crippen LogP contribution in [0.5, 0.6) is 0 Å². The van der Waals surface area contributed by atoms with Crippen molar-refractivity contribution in [3.8, 4) is 0 Å². The minimum atomic E-state index is -0.292. The molecule has 2 rings (SSSR count). The second-order valence-corrected chi connectivity index (χ2v) is 6.23. The Morgan fingerprint density at radius 1 is 1.42 bits per heavy atom. The second kappa shape index (κ2) is 5.49. The lowest BCUT2D eigenvalue weighted by Gasteiger charge is -2.40. The summed E-state index contributed by atoms with van der Waals surface area (Å²) >= 11 is 0. The van der Waals surface area contributed by atoms with Crippen molar-refractivity contribution in [2.24, 2.45) is 23.0 Å². The molecular weight excluding hydrogens is 242 g/mol. The van der Waals surface area contributed by atoms with Gasteiger partial charge in [0.25, 0.3) is 0 Å². The van der Waals surface area contributed by atoms with E-state index in [1.165, 1.54) is 0 Å². The van der Waals surface area contributed by atoms with E-state index in [0.29, 0.717) is 12.5 Å². The largest absolute Gasteiger partial charge is 0.369 e. The summed E-state index contributed by atoms with van der Waals surface area (Å²) in [6.45, 7) is 7.14. The van der Waals surface area contributed by atoms with E-state index in [2.05, 4.69) is 19.2 Å². The maximum atomic E-state index is 12.9. The average molecular weight is 267 g/mol. The summed E-state index contributed by atoms with van der Waals surface area (Å²) in [6.07, 6.45) is 2.58. The third-order valence-electron chi connectivity index (χ3n) is 4.83. The molecule has 0 spiro atoms. The number of carbonyl (C=O) groups excluding carboxylic acids is 2. The molecule has 5 nitrogen and oxygen atoms in total. The standard InChI is InChI=1S/C14H25N3O2/c1-10(2)14(5-6-16-9-14)13(19)17-7-3-4-11(8-17)12(15)18/h10-11,16H,3-9H2,1-2H3,(H2,15,18). The number of nitrogens with one attached hydrogen (secondary N) is 1. The molecule has 0 bridgehead atoms. The zero-order valence-electron chi connectivity index (χ0n) is 11.9. The monoisotopic (exact) mass is 267 g/mol. The van der Waals surface area contributed by atoms with Gasteiger partial charge in [0.2, 0.25) is 11.8 Å². The molecule has 2 atom stereocenters. The van der Waals surface area contributed by atoms with Crippen LogP contribution in [-0.2, 0) is 9.59 Å². The third-order valence-corrected chi connectivity index (χ3v) is 4.83. The van der Waals surface area contributed by atoms with Gasteiger partial charge in [0.1, 0.15) is 0 Å². The molecule has 0 aromatic rings. The van der Waals surface area contributed by atoms with Crippen LogP contribution in [0.25, 0.3) is 0 Å². The highest BCUT2D eigenvalue weighted by molar-refractivity contribution is 5.85. The van der Waals surface area contributed by atoms with Crippen molar-refractivity contribution in [1.29, 1.82) is 0 Å². The molecule has 108 valence electrons. The summed E-state index contributed by atoms with van der Waals surface area (Å²) in [5.74, 6) is 0.0688. The highest BCUT2D eigenvalue weighted by atomic mass is 16.2. The van der Waals surface area contributed by atoms with Crippen LogP contribution in [0.3, 0.4) is 0 Å². The van der Waals surface area contributed by atoms with Gasteiger partial charge in [-0.2, -0.15) is 0 Å². The topological polar surface area (TPSA) is 75.4 Å². The quantitative estimate of drug-likeness (QED) is 0.774. The van der Waals surface area contributed by atoms with Crippen LogP contribution in [-0.4, -0.2) is 42.9 Å². The molecule has 2 aliphatic heterocycles. The Hall–Kier alpha value is -1.10. The molecule has 2 fully saturated rings. The smallest absolute Gasteiger partial charge is 0.230 e. The van der Waals surface area contributed by atoms with E-state index in [-0.39, 0.29) is 23.1 Å². The number of amides is 2. The van der Waals surface area contributed by atoms with Crippen molar-refractivity contribution in [1.82, 2.24) is 10.2 Å². The Morgan fingerprint density at radius 2 is 2.16 bits per heavy atom. The highest BCUT2D eigenvalue weighted by Gasteiger charge is 2.46. The summed E-state index contributed by atoms with van der Waals surface area (Å²) in [7, 11) is 0. The van der Waals surface area contributed by atoms with E-state index in [9.17, 15) is 9.59 Å². The zero-order chi connectivity index (χ0) is 14.0. The van der Waals surface area contributed by atoms with E-state index >= 15 is 0 Å². The van der Waals surface area contributed by atoms with Crippen molar-refractivity contribution in [2.45, 2.75) is 33.1 Å². The van der Waals surface area contributed by atoms with Crippen LogP contribution in [0, 0.1) is 17.3 Å². The normalized spacial score (nSPS) is 31.7. The van der Waals surface area contributed by atoms with Gasteiger partial charge in [-0.1, -0.05) is 13.8 Å². The summed E-state index contributed by atoms with van der Waals surface area (Å²) in [5.41, 5.74) is 5.09. The fourth-order valence-electron chi connectivity index (χ4n) is 3.34. The fraction of sp³-hybridized carbons (Fsp3) is 0.857. The third kappa shape index (κ3) is 2.61. The Bertz CT molecular complexity index is 362. The minimum absolute atomic E-state index is 0.170. The van der Waals surface area contributed by atoms with Gasteiger partial charge in [-0.15, -0.1) is 0 Å². The molecule has 2 unspecified atom stereocenters. The number of rotatable bonds is 3. The van der Waals surface area contributed by atoms with E-state index in [4.69, 9.17) is 5.73 Å². The Labute approximate surface area is 114 Å². The lowest BCUT2D eigenvalue weighted by Crippen LogP contribution is -2.52. The number of hydrogen-bond donors (Lipinski definition) is 2. The van der Waals surface area contributed by atoms with Gasteiger partial charge in [-0.05, 0) is 31.7 Å². The van der Waals surface area contributed by atoms with Gasteiger partial charge in [0.15, 0.2) is 0 Å². The molecule has 0 saturated carbocycles. The SMILES string of the molecule is CC(C)C1(C(=O)N2CCCC(C(N)=O)C2)CCNC1. The summed E-state index contributed by atoms with van der Waals surface area (Å²) in [4.78, 5) is 26.1. The lowest BCUT2D eigenvalue weighted by molar-refractivity contribution is -0.146. The van der Waals surface area contributed by atoms with E-state index in [1.807, 2.05) is 4.90 Å². The molecule has 3 N–H and O–H groups in total. The molecule has 5 heteroatoms. The molecule has 0 aromatic heterocycles. The first-order chi connectivity index (χ1) is 8.97. The number of carbonyl (C=O) groups is 2. The first kappa shape index (κ1) is 14.3. The molecule has 0 aromatic carbocycles. The van der Waals surface area contributed by atoms with Crippen molar-refractivity contribution in [3.05, 3.63) is 0 Å². The number of piperidine rings is 1. The van der Waals surface area contributed by atoms with E-state index in [0.717, 1.165) is 38.9 Å². The molecule has 19 heavy (non-hydrogen) atoms. The molecule has 2 saturated heterocycles. The van der Waals surface area contributed by atoms with Crippen molar-refractivity contribution in [2.75, 3.05) is 26.2 Å². The fourth-order valence-corrected chi connectivity index (χ4v) is 3.34. The molecule has 0 aliphatic carbocycles. The van der Waals surface area contributed by atoms with Gasteiger partial charge in [0.05, 0.1) is 11.3 Å². The first-order valence-corrected chi connectivity index (χ1v) is 7.27. The average Bonchev–Trinajstić information content (AvgIpc) is 2.88. The van der Waals surface area contributed by atoms with Crippen LogP contribution < -0.4 is 11.1 Å². The molecule has 2 amide bonds. The summed E-state index contributed by atoms with van der Waals surface area (Å²) < 4.78 is 0. The van der Waals surface area contributed by atoms with Gasteiger partial charge < -0.3 is 16.0 Å². The lowest BCUT2D eigenvalue weighted by atomic mass is 9.74. The second-order valence-electron chi connectivity index (χ2n) is 6.23. The van der Waals surface area contributed by atoms with Crippen LogP contribution in [0.1, 0.15) is 33.1 Å². The molecule has 2 aliphatic rings. The predicted octanol–water partition coefficient (Wildman–Crippen LogP) is 0.346. The number of primary amides is 1. The van der Waals surface area contributed by atoms with Gasteiger partial charge >= 0.3 is 0 Å². The van der Waals surface area contributed by atoms with Gasteiger partial charge in [0, 0.05) is 19.6 Å². The molecule has 0 radical (unpaired) electrons.